The quantitative estimate of drug-likeness (QED) is 0.636. The van der Waals surface area contributed by atoms with Crippen LogP contribution in [0.3, 0.4) is 0 Å². The first-order chi connectivity index (χ1) is 13.0. The van der Waals surface area contributed by atoms with Gasteiger partial charge in [-0.15, -0.1) is 11.3 Å². The number of aryl methyl sites for hydroxylation is 1. The number of nitrogens with one attached hydrogen (secondary N) is 2. The third-order valence-corrected chi connectivity index (χ3v) is 6.85. The summed E-state index contributed by atoms with van der Waals surface area (Å²) in [5, 5.41) is 3.69. The van der Waals surface area contributed by atoms with Crippen LogP contribution in [0.4, 0.5) is 5.69 Å². The number of nitrogens with zero attached hydrogens (tertiary/aromatic N) is 1. The Kier molecular flexibility index (Phi) is 4.94. The predicted molar refractivity (Wildman–Crippen MR) is 106 cm³/mol. The Morgan fingerprint density at radius 1 is 1.15 bits per heavy atom. The van der Waals surface area contributed by atoms with Crippen molar-refractivity contribution in [2.45, 2.75) is 36.6 Å². The van der Waals surface area contributed by atoms with Crippen molar-refractivity contribution < 1.29 is 13.2 Å². The summed E-state index contributed by atoms with van der Waals surface area (Å²) in [6, 6.07) is 14.3. The molecule has 6 nitrogen and oxygen atoms in total. The van der Waals surface area contributed by atoms with Crippen molar-refractivity contribution in [3.63, 3.8) is 0 Å². The molecule has 1 aliphatic rings. The molecule has 2 aromatic carbocycles. The number of fused-ring (bicyclic) bond motifs is 1. The maximum atomic E-state index is 12.3. The largest absolute Gasteiger partial charge is 0.326 e. The molecule has 1 heterocycles. The maximum Gasteiger partial charge on any atom is 0.240 e. The number of para-hydroxylation sites is 1. The van der Waals surface area contributed by atoms with Crippen LogP contribution in [0.15, 0.2) is 53.4 Å². The molecule has 27 heavy (non-hydrogen) atoms. The Hall–Kier alpha value is -2.29. The number of hydrogen-bond acceptors (Lipinski definition) is 5. The predicted octanol–water partition coefficient (Wildman–Crippen LogP) is 3.31. The fraction of sp³-hybridized carbons (Fsp3) is 0.263. The van der Waals surface area contributed by atoms with Crippen LogP contribution >= 0.6 is 11.3 Å². The summed E-state index contributed by atoms with van der Waals surface area (Å²) in [6.45, 7) is 0. The highest BCUT2D eigenvalue weighted by molar-refractivity contribution is 7.89. The van der Waals surface area contributed by atoms with Crippen molar-refractivity contribution in [1.82, 2.24) is 9.71 Å². The molecule has 8 heteroatoms. The number of thiazole rings is 1. The molecule has 0 unspecified atom stereocenters. The van der Waals surface area contributed by atoms with Gasteiger partial charge in [0, 0.05) is 24.6 Å². The van der Waals surface area contributed by atoms with Gasteiger partial charge >= 0.3 is 0 Å². The van der Waals surface area contributed by atoms with E-state index in [4.69, 9.17) is 0 Å². The molecule has 140 valence electrons. The molecule has 1 saturated carbocycles. The molecule has 0 aliphatic heterocycles. The Morgan fingerprint density at radius 3 is 2.74 bits per heavy atom. The van der Waals surface area contributed by atoms with Crippen molar-refractivity contribution in [3.8, 4) is 0 Å². The third kappa shape index (κ3) is 4.52. The molecule has 0 radical (unpaired) electrons. The van der Waals surface area contributed by atoms with E-state index in [1.165, 1.54) is 12.1 Å². The van der Waals surface area contributed by atoms with Gasteiger partial charge in [-0.3, -0.25) is 4.79 Å². The van der Waals surface area contributed by atoms with Gasteiger partial charge in [0.15, 0.2) is 0 Å². The zero-order valence-electron chi connectivity index (χ0n) is 14.5. The van der Waals surface area contributed by atoms with E-state index in [1.54, 1.807) is 23.5 Å². The highest BCUT2D eigenvalue weighted by atomic mass is 32.2. The maximum absolute atomic E-state index is 12.3. The average molecular weight is 402 g/mol. The molecule has 0 atom stereocenters. The summed E-state index contributed by atoms with van der Waals surface area (Å²) in [7, 11) is -3.54. The van der Waals surface area contributed by atoms with Gasteiger partial charge in [0.05, 0.1) is 20.1 Å². The summed E-state index contributed by atoms with van der Waals surface area (Å²) >= 11 is 1.58. The van der Waals surface area contributed by atoms with E-state index in [0.29, 0.717) is 12.1 Å². The first-order valence-corrected chi connectivity index (χ1v) is 11.1. The monoisotopic (exact) mass is 401 g/mol. The highest BCUT2D eigenvalue weighted by Crippen LogP contribution is 2.24. The van der Waals surface area contributed by atoms with E-state index in [2.05, 4.69) is 15.0 Å². The second kappa shape index (κ2) is 7.38. The van der Waals surface area contributed by atoms with Crippen LogP contribution in [0, 0.1) is 0 Å². The molecular weight excluding hydrogens is 382 g/mol. The van der Waals surface area contributed by atoms with Gasteiger partial charge in [0.1, 0.15) is 0 Å². The number of aromatic nitrogens is 1. The van der Waals surface area contributed by atoms with E-state index in [-0.39, 0.29) is 23.3 Å². The minimum absolute atomic E-state index is 0.0436. The van der Waals surface area contributed by atoms with Crippen molar-refractivity contribution in [2.75, 3.05) is 5.32 Å². The van der Waals surface area contributed by atoms with Gasteiger partial charge in [-0.05, 0) is 43.2 Å². The van der Waals surface area contributed by atoms with Gasteiger partial charge in [0.2, 0.25) is 15.9 Å². The Balaban J connectivity index is 1.38. The van der Waals surface area contributed by atoms with Gasteiger partial charge < -0.3 is 5.32 Å². The first-order valence-electron chi connectivity index (χ1n) is 8.76. The summed E-state index contributed by atoms with van der Waals surface area (Å²) in [6.07, 6.45) is 2.59. The normalized spacial score (nSPS) is 14.4. The zero-order chi connectivity index (χ0) is 18.9. The van der Waals surface area contributed by atoms with Crippen LogP contribution in [-0.4, -0.2) is 25.4 Å². The van der Waals surface area contributed by atoms with Crippen LogP contribution in [0.2, 0.25) is 0 Å². The smallest absolute Gasteiger partial charge is 0.240 e. The summed E-state index contributed by atoms with van der Waals surface area (Å²) in [5.41, 5.74) is 1.42. The fourth-order valence-corrected chi connectivity index (χ4v) is 5.02. The second-order valence-electron chi connectivity index (χ2n) is 6.55. The molecule has 2 N–H and O–H groups in total. The number of amides is 1. The average Bonchev–Trinajstić information content (AvgIpc) is 3.34. The molecule has 1 aromatic heterocycles. The molecule has 4 rings (SSSR count). The van der Waals surface area contributed by atoms with Gasteiger partial charge in [-0.1, -0.05) is 18.2 Å². The van der Waals surface area contributed by atoms with E-state index < -0.39 is 10.0 Å². The molecule has 0 saturated heterocycles. The number of rotatable bonds is 7. The summed E-state index contributed by atoms with van der Waals surface area (Å²) < 4.78 is 28.3. The number of hydrogen-bond donors (Lipinski definition) is 2. The summed E-state index contributed by atoms with van der Waals surface area (Å²) in [5.74, 6) is -0.168. The van der Waals surface area contributed by atoms with Crippen LogP contribution in [-0.2, 0) is 21.2 Å². The van der Waals surface area contributed by atoms with Gasteiger partial charge in [-0.25, -0.2) is 18.1 Å². The SMILES string of the molecule is O=C(CCc1nc2ccccc2s1)Nc1cccc(S(=O)(=O)NC2CC2)c1. The number of anilines is 1. The lowest BCUT2D eigenvalue weighted by atomic mass is 10.2. The van der Waals surface area contributed by atoms with Crippen LogP contribution in [0.1, 0.15) is 24.3 Å². The minimum Gasteiger partial charge on any atom is -0.326 e. The van der Waals surface area contributed by atoms with E-state index in [0.717, 1.165) is 28.1 Å². The standard InChI is InChI=1S/C19H19N3O3S2/c23-18(10-11-19-21-16-6-1-2-7-17(16)26-19)20-14-4-3-5-15(12-14)27(24,25)22-13-8-9-13/h1-7,12-13,22H,8-11H2,(H,20,23). The topological polar surface area (TPSA) is 88.2 Å². The highest BCUT2D eigenvalue weighted by Gasteiger charge is 2.28. The fourth-order valence-electron chi connectivity index (χ4n) is 2.70. The lowest BCUT2D eigenvalue weighted by molar-refractivity contribution is -0.116. The lowest BCUT2D eigenvalue weighted by Crippen LogP contribution is -2.25. The Bertz CT molecular complexity index is 1060. The third-order valence-electron chi connectivity index (χ3n) is 4.23. The summed E-state index contributed by atoms with van der Waals surface area (Å²) in [4.78, 5) is 16.9. The molecule has 0 bridgehead atoms. The van der Waals surface area contributed by atoms with E-state index >= 15 is 0 Å². The van der Waals surface area contributed by atoms with Crippen LogP contribution in [0.25, 0.3) is 10.2 Å². The molecule has 1 aliphatic carbocycles. The Labute approximate surface area is 161 Å². The minimum atomic E-state index is -3.54. The zero-order valence-corrected chi connectivity index (χ0v) is 16.1. The van der Waals surface area contributed by atoms with Gasteiger partial charge in [0.25, 0.3) is 0 Å². The van der Waals surface area contributed by atoms with Crippen LogP contribution < -0.4 is 10.0 Å². The lowest BCUT2D eigenvalue weighted by Gasteiger charge is -2.09. The van der Waals surface area contributed by atoms with Crippen molar-refractivity contribution in [1.29, 1.82) is 0 Å². The van der Waals surface area contributed by atoms with E-state index in [9.17, 15) is 13.2 Å². The molecule has 1 amide bonds. The number of benzene rings is 2. The Morgan fingerprint density at radius 2 is 1.96 bits per heavy atom. The number of carbonyl (C=O) groups excluding carboxylic acids is 1. The second-order valence-corrected chi connectivity index (χ2v) is 9.38. The van der Waals surface area contributed by atoms with E-state index in [1.807, 2.05) is 24.3 Å². The molecular formula is C19H19N3O3S2. The van der Waals surface area contributed by atoms with Crippen molar-refractivity contribution in [2.24, 2.45) is 0 Å². The number of carbonyl (C=O) groups is 1. The molecule has 1 fully saturated rings. The van der Waals surface area contributed by atoms with Crippen molar-refractivity contribution in [3.05, 3.63) is 53.5 Å². The van der Waals surface area contributed by atoms with Gasteiger partial charge in [-0.2, -0.15) is 0 Å². The van der Waals surface area contributed by atoms with Crippen LogP contribution in [0.5, 0.6) is 0 Å². The molecule has 3 aromatic rings. The first kappa shape index (κ1) is 18.1. The number of sulfonamides is 1. The molecule has 0 spiro atoms. The van der Waals surface area contributed by atoms with Crippen molar-refractivity contribution >= 4 is 43.2 Å².